The minimum Gasteiger partial charge on any atom is -0.484 e. The molecule has 2 rings (SSSR count). The van der Waals surface area contributed by atoms with Gasteiger partial charge in [0, 0.05) is 11.3 Å². The Morgan fingerprint density at radius 2 is 1.69 bits per heavy atom. The highest BCUT2D eigenvalue weighted by Crippen LogP contribution is 2.17. The molecule has 0 heterocycles. The van der Waals surface area contributed by atoms with Crippen LogP contribution in [0.15, 0.2) is 48.5 Å². The van der Waals surface area contributed by atoms with E-state index in [0.717, 1.165) is 5.56 Å². The highest BCUT2D eigenvalue weighted by molar-refractivity contribution is 6.01. The molecular weight excluding hydrogens is 370 g/mol. The Balaban J connectivity index is 2.05. The topological polar surface area (TPSA) is 111 Å². The molecule has 0 aliphatic carbocycles. The number of rotatable bonds is 9. The molecule has 0 aliphatic rings. The van der Waals surface area contributed by atoms with Crippen LogP contribution in [0.3, 0.4) is 0 Å². The molecule has 154 valence electrons. The number of hydrogen-bond acceptors (Lipinski definition) is 4. The third-order valence-corrected chi connectivity index (χ3v) is 4.22. The van der Waals surface area contributed by atoms with E-state index < -0.39 is 11.9 Å². The summed E-state index contributed by atoms with van der Waals surface area (Å²) in [7, 11) is 0. The average molecular weight is 397 g/mol. The van der Waals surface area contributed by atoms with Gasteiger partial charge in [0.15, 0.2) is 6.61 Å². The van der Waals surface area contributed by atoms with Crippen LogP contribution >= 0.6 is 0 Å². The number of anilines is 1. The maximum Gasteiger partial charge on any atom is 0.255 e. The van der Waals surface area contributed by atoms with E-state index in [-0.39, 0.29) is 24.3 Å². The molecule has 0 radical (unpaired) electrons. The molecule has 0 bridgehead atoms. The fourth-order valence-electron chi connectivity index (χ4n) is 2.78. The highest BCUT2D eigenvalue weighted by atomic mass is 16.5. The molecule has 2 aromatic carbocycles. The first-order valence-electron chi connectivity index (χ1n) is 9.44. The number of aryl methyl sites for hydroxylation is 1. The van der Waals surface area contributed by atoms with Gasteiger partial charge >= 0.3 is 0 Å². The van der Waals surface area contributed by atoms with E-state index in [0.29, 0.717) is 23.4 Å². The maximum atomic E-state index is 12.8. The van der Waals surface area contributed by atoms with E-state index in [2.05, 4.69) is 10.6 Å². The summed E-state index contributed by atoms with van der Waals surface area (Å²) in [4.78, 5) is 36.2. The molecule has 29 heavy (non-hydrogen) atoms. The standard InChI is InChI=1S/C22H27N3O4/c1-14(2)12-19(25-21(27)18-7-5-4-6-15(18)3)22(28)24-16-8-10-17(11-9-16)29-13-20(23)26/h4-11,14,19H,12-13H2,1-3H3,(H2,23,26)(H,24,28)(H,25,27). The first-order valence-corrected chi connectivity index (χ1v) is 9.44. The van der Waals surface area contributed by atoms with Crippen molar-refractivity contribution in [3.8, 4) is 5.75 Å². The number of benzene rings is 2. The molecule has 4 N–H and O–H groups in total. The summed E-state index contributed by atoms with van der Waals surface area (Å²) >= 11 is 0. The van der Waals surface area contributed by atoms with Gasteiger partial charge in [-0.05, 0) is 55.2 Å². The molecule has 0 saturated heterocycles. The fraction of sp³-hybridized carbons (Fsp3) is 0.318. The zero-order chi connectivity index (χ0) is 21.4. The van der Waals surface area contributed by atoms with Crippen LogP contribution in [0.1, 0.15) is 36.2 Å². The summed E-state index contributed by atoms with van der Waals surface area (Å²) in [5.74, 6) is -0.463. The van der Waals surface area contributed by atoms with E-state index in [1.807, 2.05) is 32.9 Å². The van der Waals surface area contributed by atoms with Crippen molar-refractivity contribution >= 4 is 23.4 Å². The first kappa shape index (κ1) is 21.9. The van der Waals surface area contributed by atoms with Gasteiger partial charge in [0.2, 0.25) is 5.91 Å². The number of ether oxygens (including phenoxy) is 1. The molecule has 7 heteroatoms. The summed E-state index contributed by atoms with van der Waals surface area (Å²) in [6, 6.07) is 13.1. The predicted octanol–water partition coefficient (Wildman–Crippen LogP) is 2.64. The van der Waals surface area contributed by atoms with Gasteiger partial charge in [-0.15, -0.1) is 0 Å². The Morgan fingerprint density at radius 3 is 2.28 bits per heavy atom. The lowest BCUT2D eigenvalue weighted by molar-refractivity contribution is -0.120. The van der Waals surface area contributed by atoms with Gasteiger partial charge in [-0.2, -0.15) is 0 Å². The van der Waals surface area contributed by atoms with Crippen LogP contribution in [0.25, 0.3) is 0 Å². The third kappa shape index (κ3) is 6.95. The summed E-state index contributed by atoms with van der Waals surface area (Å²) < 4.78 is 5.20. The van der Waals surface area contributed by atoms with Crippen LogP contribution in [0.5, 0.6) is 5.75 Å². The van der Waals surface area contributed by atoms with Gasteiger partial charge in [-0.1, -0.05) is 32.0 Å². The number of hydrogen-bond donors (Lipinski definition) is 3. The number of amides is 3. The lowest BCUT2D eigenvalue weighted by atomic mass is 10.0. The Bertz CT molecular complexity index is 863. The molecule has 3 amide bonds. The fourth-order valence-corrected chi connectivity index (χ4v) is 2.78. The Labute approximate surface area is 170 Å². The summed E-state index contributed by atoms with van der Waals surface area (Å²) in [5.41, 5.74) is 6.99. The van der Waals surface area contributed by atoms with Crippen molar-refractivity contribution in [2.24, 2.45) is 11.7 Å². The van der Waals surface area contributed by atoms with Crippen LogP contribution in [-0.4, -0.2) is 30.4 Å². The van der Waals surface area contributed by atoms with Crippen LogP contribution in [0.4, 0.5) is 5.69 Å². The summed E-state index contributed by atoms with van der Waals surface area (Å²) in [6.45, 7) is 5.62. The number of nitrogens with two attached hydrogens (primary N) is 1. The number of primary amides is 1. The lowest BCUT2D eigenvalue weighted by Gasteiger charge is -2.21. The number of carbonyl (C=O) groups excluding carboxylic acids is 3. The van der Waals surface area contributed by atoms with E-state index in [9.17, 15) is 14.4 Å². The van der Waals surface area contributed by atoms with Gasteiger partial charge in [-0.25, -0.2) is 0 Å². The molecular formula is C22H27N3O4. The van der Waals surface area contributed by atoms with Crippen LogP contribution < -0.4 is 21.1 Å². The largest absolute Gasteiger partial charge is 0.484 e. The van der Waals surface area contributed by atoms with Crippen LogP contribution in [0, 0.1) is 12.8 Å². The van der Waals surface area contributed by atoms with Crippen molar-refractivity contribution < 1.29 is 19.1 Å². The van der Waals surface area contributed by atoms with Crippen LogP contribution in [-0.2, 0) is 9.59 Å². The van der Waals surface area contributed by atoms with Crippen LogP contribution in [0.2, 0.25) is 0 Å². The predicted molar refractivity (Wildman–Crippen MR) is 112 cm³/mol. The Hall–Kier alpha value is -3.35. The van der Waals surface area contributed by atoms with Gasteiger partial charge in [0.25, 0.3) is 11.8 Å². The van der Waals surface area contributed by atoms with E-state index in [1.54, 1.807) is 36.4 Å². The lowest BCUT2D eigenvalue weighted by Crippen LogP contribution is -2.44. The summed E-state index contributed by atoms with van der Waals surface area (Å²) in [5, 5.41) is 5.65. The quantitative estimate of drug-likeness (QED) is 0.604. The second-order valence-electron chi connectivity index (χ2n) is 7.24. The van der Waals surface area contributed by atoms with Crippen molar-refractivity contribution in [2.75, 3.05) is 11.9 Å². The minimum atomic E-state index is -0.673. The van der Waals surface area contributed by atoms with Crippen molar-refractivity contribution in [3.05, 3.63) is 59.7 Å². The molecule has 0 aromatic heterocycles. The van der Waals surface area contributed by atoms with E-state index in [4.69, 9.17) is 10.5 Å². The molecule has 1 atom stereocenters. The van der Waals surface area contributed by atoms with Crippen molar-refractivity contribution in [1.82, 2.24) is 5.32 Å². The highest BCUT2D eigenvalue weighted by Gasteiger charge is 2.23. The normalized spacial score (nSPS) is 11.6. The summed E-state index contributed by atoms with van der Waals surface area (Å²) in [6.07, 6.45) is 0.503. The zero-order valence-electron chi connectivity index (χ0n) is 16.9. The van der Waals surface area contributed by atoms with Crippen molar-refractivity contribution in [2.45, 2.75) is 33.2 Å². The van der Waals surface area contributed by atoms with E-state index >= 15 is 0 Å². The minimum absolute atomic E-state index is 0.215. The molecule has 7 nitrogen and oxygen atoms in total. The molecule has 0 fully saturated rings. The smallest absolute Gasteiger partial charge is 0.255 e. The van der Waals surface area contributed by atoms with Crippen molar-refractivity contribution in [1.29, 1.82) is 0 Å². The van der Waals surface area contributed by atoms with Gasteiger partial charge < -0.3 is 21.1 Å². The molecule has 0 saturated carbocycles. The van der Waals surface area contributed by atoms with Gasteiger partial charge in [0.05, 0.1) is 0 Å². The molecule has 0 spiro atoms. The molecule has 0 aliphatic heterocycles. The first-order chi connectivity index (χ1) is 13.8. The maximum absolute atomic E-state index is 12.8. The van der Waals surface area contributed by atoms with Crippen molar-refractivity contribution in [3.63, 3.8) is 0 Å². The SMILES string of the molecule is Cc1ccccc1C(=O)NC(CC(C)C)C(=O)Nc1ccc(OCC(N)=O)cc1. The van der Waals surface area contributed by atoms with Gasteiger partial charge in [0.1, 0.15) is 11.8 Å². The molecule has 1 unspecified atom stereocenters. The number of nitrogens with one attached hydrogen (secondary N) is 2. The Kier molecular flexibility index (Phi) is 7.77. The second kappa shape index (κ2) is 10.3. The number of carbonyl (C=O) groups is 3. The second-order valence-corrected chi connectivity index (χ2v) is 7.24. The molecule has 2 aromatic rings. The average Bonchev–Trinajstić information content (AvgIpc) is 2.66. The van der Waals surface area contributed by atoms with Gasteiger partial charge in [-0.3, -0.25) is 14.4 Å². The monoisotopic (exact) mass is 397 g/mol. The zero-order valence-corrected chi connectivity index (χ0v) is 16.9. The van der Waals surface area contributed by atoms with E-state index in [1.165, 1.54) is 0 Å². The third-order valence-electron chi connectivity index (χ3n) is 4.22. The Morgan fingerprint density at radius 1 is 1.03 bits per heavy atom.